The Morgan fingerprint density at radius 2 is 1.76 bits per heavy atom. The van der Waals surface area contributed by atoms with Gasteiger partial charge in [0, 0.05) is 51.4 Å². The molecule has 1 fully saturated rings. The standard InChI is InChI=1S/C19H41N5.HI/c1-16(2)24(17(3)4)15-12-22-19(20-6)21-11-9-14-23-13-8-7-10-18(23)5;/h16-18H,7-15H2,1-6H3,(H2,20,21,22);1H. The molecule has 25 heavy (non-hydrogen) atoms. The van der Waals surface area contributed by atoms with E-state index in [1.54, 1.807) is 0 Å². The van der Waals surface area contributed by atoms with Crippen LogP contribution in [0.15, 0.2) is 4.99 Å². The molecule has 1 aliphatic rings. The highest BCUT2D eigenvalue weighted by atomic mass is 127. The van der Waals surface area contributed by atoms with Gasteiger partial charge in [0.2, 0.25) is 0 Å². The van der Waals surface area contributed by atoms with Crippen LogP contribution in [0.1, 0.15) is 60.3 Å². The summed E-state index contributed by atoms with van der Waals surface area (Å²) in [4.78, 5) is 9.46. The van der Waals surface area contributed by atoms with Crippen LogP contribution in [-0.4, -0.2) is 73.7 Å². The van der Waals surface area contributed by atoms with Crippen molar-refractivity contribution in [2.24, 2.45) is 4.99 Å². The van der Waals surface area contributed by atoms with E-state index < -0.39 is 0 Å². The number of nitrogens with zero attached hydrogens (tertiary/aromatic N) is 3. The molecule has 1 saturated heterocycles. The van der Waals surface area contributed by atoms with Crippen molar-refractivity contribution in [3.8, 4) is 0 Å². The maximum atomic E-state index is 4.34. The van der Waals surface area contributed by atoms with Gasteiger partial charge in [-0.25, -0.2) is 0 Å². The second-order valence-corrected chi connectivity index (χ2v) is 7.59. The Bertz CT molecular complexity index is 352. The normalized spacial score (nSPS) is 19.4. The Balaban J connectivity index is 0.00000576. The van der Waals surface area contributed by atoms with Crippen LogP contribution < -0.4 is 10.6 Å². The van der Waals surface area contributed by atoms with Gasteiger partial charge in [0.25, 0.3) is 0 Å². The van der Waals surface area contributed by atoms with E-state index in [0.717, 1.165) is 31.6 Å². The lowest BCUT2D eigenvalue weighted by atomic mass is 10.0. The summed E-state index contributed by atoms with van der Waals surface area (Å²) in [6, 6.07) is 1.91. The molecular weight excluding hydrogens is 425 g/mol. The molecule has 2 N–H and O–H groups in total. The van der Waals surface area contributed by atoms with Gasteiger partial charge in [0.05, 0.1) is 0 Å². The summed E-state index contributed by atoms with van der Waals surface area (Å²) in [5, 5.41) is 6.89. The van der Waals surface area contributed by atoms with Crippen LogP contribution in [0.5, 0.6) is 0 Å². The predicted octanol–water partition coefficient (Wildman–Crippen LogP) is 3.15. The SMILES string of the molecule is CN=C(NCCCN1CCCCC1C)NCCN(C(C)C)C(C)C.I. The third-order valence-corrected chi connectivity index (χ3v) is 5.07. The van der Waals surface area contributed by atoms with Crippen molar-refractivity contribution in [1.29, 1.82) is 0 Å². The molecule has 0 radical (unpaired) electrons. The molecular formula is C19H42IN5. The number of likely N-dealkylation sites (tertiary alicyclic amines) is 1. The summed E-state index contributed by atoms with van der Waals surface area (Å²) in [6.07, 6.45) is 5.30. The minimum atomic E-state index is 0. The van der Waals surface area contributed by atoms with E-state index in [4.69, 9.17) is 0 Å². The lowest BCUT2D eigenvalue weighted by molar-refractivity contribution is 0.159. The van der Waals surface area contributed by atoms with Crippen LogP contribution >= 0.6 is 24.0 Å². The minimum Gasteiger partial charge on any atom is -0.356 e. The zero-order valence-electron chi connectivity index (χ0n) is 17.3. The van der Waals surface area contributed by atoms with Crippen LogP contribution in [0, 0.1) is 0 Å². The smallest absolute Gasteiger partial charge is 0.191 e. The lowest BCUT2D eigenvalue weighted by Crippen LogP contribution is -2.46. The molecule has 0 aliphatic carbocycles. The van der Waals surface area contributed by atoms with E-state index in [9.17, 15) is 0 Å². The maximum Gasteiger partial charge on any atom is 0.191 e. The van der Waals surface area contributed by atoms with E-state index in [2.05, 4.69) is 60.0 Å². The van der Waals surface area contributed by atoms with E-state index in [1.165, 1.54) is 38.8 Å². The molecule has 0 bridgehead atoms. The molecule has 1 atom stereocenters. The Morgan fingerprint density at radius 3 is 2.32 bits per heavy atom. The Hall–Kier alpha value is -0.0800. The first-order valence-corrected chi connectivity index (χ1v) is 9.90. The van der Waals surface area contributed by atoms with Gasteiger partial charge in [-0.05, 0) is 60.4 Å². The number of nitrogens with one attached hydrogen (secondary N) is 2. The summed E-state index contributed by atoms with van der Waals surface area (Å²) in [5.41, 5.74) is 0. The summed E-state index contributed by atoms with van der Waals surface area (Å²) in [7, 11) is 1.85. The summed E-state index contributed by atoms with van der Waals surface area (Å²) < 4.78 is 0. The fraction of sp³-hybridized carbons (Fsp3) is 0.947. The molecule has 0 spiro atoms. The van der Waals surface area contributed by atoms with Crippen LogP contribution in [0.25, 0.3) is 0 Å². The molecule has 1 aliphatic heterocycles. The monoisotopic (exact) mass is 467 g/mol. The van der Waals surface area contributed by atoms with Crippen LogP contribution in [0.2, 0.25) is 0 Å². The van der Waals surface area contributed by atoms with Gasteiger partial charge in [0.1, 0.15) is 0 Å². The summed E-state index contributed by atoms with van der Waals surface area (Å²) in [6.45, 7) is 16.8. The van der Waals surface area contributed by atoms with Gasteiger partial charge in [0.15, 0.2) is 5.96 Å². The molecule has 0 aromatic carbocycles. The first kappa shape index (κ1) is 24.9. The van der Waals surface area contributed by atoms with Crippen molar-refractivity contribution in [1.82, 2.24) is 20.4 Å². The number of aliphatic imine (C=N–C) groups is 1. The van der Waals surface area contributed by atoms with Crippen LogP contribution in [0.4, 0.5) is 0 Å². The minimum absolute atomic E-state index is 0. The van der Waals surface area contributed by atoms with Gasteiger partial charge in [-0.2, -0.15) is 0 Å². The Kier molecular flexibility index (Phi) is 14.0. The summed E-state index contributed by atoms with van der Waals surface area (Å²) in [5.74, 6) is 0.925. The fourth-order valence-corrected chi connectivity index (χ4v) is 3.62. The third kappa shape index (κ3) is 9.99. The molecule has 1 rings (SSSR count). The van der Waals surface area contributed by atoms with Gasteiger partial charge >= 0.3 is 0 Å². The number of hydrogen-bond acceptors (Lipinski definition) is 3. The molecule has 0 amide bonds. The quantitative estimate of drug-likeness (QED) is 0.237. The van der Waals surface area contributed by atoms with Crippen molar-refractivity contribution >= 4 is 29.9 Å². The highest BCUT2D eigenvalue weighted by molar-refractivity contribution is 14.0. The van der Waals surface area contributed by atoms with Crippen molar-refractivity contribution < 1.29 is 0 Å². The second kappa shape index (κ2) is 14.0. The second-order valence-electron chi connectivity index (χ2n) is 7.59. The molecule has 0 aromatic rings. The van der Waals surface area contributed by atoms with E-state index in [0.29, 0.717) is 12.1 Å². The molecule has 0 saturated carbocycles. The third-order valence-electron chi connectivity index (χ3n) is 5.07. The van der Waals surface area contributed by atoms with Crippen molar-refractivity contribution in [2.75, 3.05) is 39.8 Å². The van der Waals surface area contributed by atoms with E-state index in [-0.39, 0.29) is 24.0 Å². The molecule has 1 heterocycles. The molecule has 1 unspecified atom stereocenters. The topological polar surface area (TPSA) is 42.9 Å². The highest BCUT2D eigenvalue weighted by Gasteiger charge is 2.17. The number of hydrogen-bond donors (Lipinski definition) is 2. The molecule has 5 nitrogen and oxygen atoms in total. The van der Waals surface area contributed by atoms with E-state index in [1.807, 2.05) is 7.05 Å². The van der Waals surface area contributed by atoms with Gasteiger partial charge in [-0.15, -0.1) is 24.0 Å². The van der Waals surface area contributed by atoms with Crippen LogP contribution in [-0.2, 0) is 0 Å². The Morgan fingerprint density at radius 1 is 1.12 bits per heavy atom. The largest absolute Gasteiger partial charge is 0.356 e. The Labute approximate surface area is 173 Å². The zero-order chi connectivity index (χ0) is 17.9. The van der Waals surface area contributed by atoms with Crippen LogP contribution in [0.3, 0.4) is 0 Å². The van der Waals surface area contributed by atoms with Gasteiger partial charge in [-0.3, -0.25) is 9.89 Å². The summed E-state index contributed by atoms with van der Waals surface area (Å²) >= 11 is 0. The zero-order valence-corrected chi connectivity index (χ0v) is 19.7. The highest BCUT2D eigenvalue weighted by Crippen LogP contribution is 2.15. The molecule has 0 aromatic heterocycles. The fourth-order valence-electron chi connectivity index (χ4n) is 3.62. The van der Waals surface area contributed by atoms with E-state index >= 15 is 0 Å². The molecule has 6 heteroatoms. The average molecular weight is 467 g/mol. The number of halogens is 1. The predicted molar refractivity (Wildman–Crippen MR) is 121 cm³/mol. The average Bonchev–Trinajstić information content (AvgIpc) is 2.54. The molecule has 150 valence electrons. The van der Waals surface area contributed by atoms with Crippen molar-refractivity contribution in [2.45, 2.75) is 78.4 Å². The number of piperidine rings is 1. The van der Waals surface area contributed by atoms with Crippen molar-refractivity contribution in [3.63, 3.8) is 0 Å². The maximum absolute atomic E-state index is 4.34. The van der Waals surface area contributed by atoms with Crippen molar-refractivity contribution in [3.05, 3.63) is 0 Å². The first-order valence-electron chi connectivity index (χ1n) is 9.90. The van der Waals surface area contributed by atoms with Gasteiger partial charge in [-0.1, -0.05) is 6.42 Å². The number of rotatable bonds is 9. The number of guanidine groups is 1. The lowest BCUT2D eigenvalue weighted by Gasteiger charge is -2.33. The van der Waals surface area contributed by atoms with Gasteiger partial charge < -0.3 is 15.5 Å². The first-order chi connectivity index (χ1) is 11.5.